The van der Waals surface area contributed by atoms with Crippen molar-refractivity contribution in [3.05, 3.63) is 35.2 Å². The first kappa shape index (κ1) is 13.1. The maximum Gasteiger partial charge on any atom is 0.0622 e. The third-order valence-corrected chi connectivity index (χ3v) is 4.16. The van der Waals surface area contributed by atoms with Gasteiger partial charge in [0.2, 0.25) is 0 Å². The van der Waals surface area contributed by atoms with Crippen molar-refractivity contribution < 1.29 is 0 Å². The topological polar surface area (TPSA) is 27.0 Å². The van der Waals surface area contributed by atoms with Crippen LogP contribution in [0.5, 0.6) is 0 Å². The second-order valence-corrected chi connectivity index (χ2v) is 5.48. The molecule has 0 unspecified atom stereocenters. The van der Waals surface area contributed by atoms with Crippen molar-refractivity contribution >= 4 is 21.4 Å². The lowest BCUT2D eigenvalue weighted by atomic mass is 10.1. The molecule has 0 saturated carbocycles. The van der Waals surface area contributed by atoms with Crippen LogP contribution in [0.3, 0.4) is 0 Å². The highest BCUT2D eigenvalue weighted by molar-refractivity contribution is 7.17. The minimum Gasteiger partial charge on any atom is -0.306 e. The molecule has 18 heavy (non-hydrogen) atoms. The summed E-state index contributed by atoms with van der Waals surface area (Å²) in [7, 11) is 2.13. The van der Waals surface area contributed by atoms with E-state index in [9.17, 15) is 0 Å². The molecule has 0 aliphatic rings. The Morgan fingerprint density at radius 1 is 1.28 bits per heavy atom. The van der Waals surface area contributed by atoms with Gasteiger partial charge in [-0.05, 0) is 48.8 Å². The molecule has 0 fully saturated rings. The number of hydrogen-bond donors (Lipinski definition) is 0. The fourth-order valence-electron chi connectivity index (χ4n) is 2.08. The number of unbranched alkanes of at least 4 members (excludes halogenated alkanes) is 1. The van der Waals surface area contributed by atoms with Gasteiger partial charge in [0.25, 0.3) is 0 Å². The van der Waals surface area contributed by atoms with Crippen LogP contribution in [-0.4, -0.2) is 25.0 Å². The minimum atomic E-state index is 0.658. The molecule has 0 saturated heterocycles. The average molecular weight is 258 g/mol. The molecule has 1 heterocycles. The van der Waals surface area contributed by atoms with E-state index in [2.05, 4.69) is 47.7 Å². The molecule has 3 heteroatoms. The summed E-state index contributed by atoms with van der Waals surface area (Å²) in [6, 6.07) is 10.8. The SMILES string of the molecule is CN(CCCC#N)CCc1csc2ccccc12. The molecule has 2 nitrogen and oxygen atoms in total. The third kappa shape index (κ3) is 3.32. The molecular weight excluding hydrogens is 240 g/mol. The van der Waals surface area contributed by atoms with Crippen LogP contribution in [-0.2, 0) is 6.42 Å². The van der Waals surface area contributed by atoms with Gasteiger partial charge in [-0.2, -0.15) is 5.26 Å². The van der Waals surface area contributed by atoms with E-state index >= 15 is 0 Å². The Labute approximate surface area is 112 Å². The first-order valence-corrected chi connectivity index (χ1v) is 7.20. The number of rotatable bonds is 6. The van der Waals surface area contributed by atoms with Crippen LogP contribution in [0.1, 0.15) is 18.4 Å². The Morgan fingerprint density at radius 3 is 2.94 bits per heavy atom. The Balaban J connectivity index is 1.88. The zero-order valence-corrected chi connectivity index (χ0v) is 11.5. The van der Waals surface area contributed by atoms with E-state index in [0.717, 1.165) is 25.9 Å². The van der Waals surface area contributed by atoms with E-state index < -0.39 is 0 Å². The molecule has 2 rings (SSSR count). The summed E-state index contributed by atoms with van der Waals surface area (Å²) in [5.74, 6) is 0. The van der Waals surface area contributed by atoms with Crippen LogP contribution in [0, 0.1) is 11.3 Å². The number of fused-ring (bicyclic) bond motifs is 1. The summed E-state index contributed by atoms with van der Waals surface area (Å²) >= 11 is 1.83. The quantitative estimate of drug-likeness (QED) is 0.739. The molecule has 0 N–H and O–H groups in total. The summed E-state index contributed by atoms with van der Waals surface area (Å²) in [5, 5.41) is 12.2. The molecule has 0 aliphatic carbocycles. The van der Waals surface area contributed by atoms with Crippen LogP contribution in [0.25, 0.3) is 10.1 Å². The number of nitrogens with zero attached hydrogens (tertiary/aromatic N) is 2. The van der Waals surface area contributed by atoms with Gasteiger partial charge in [-0.25, -0.2) is 0 Å². The molecule has 0 radical (unpaired) electrons. The highest BCUT2D eigenvalue weighted by atomic mass is 32.1. The second kappa shape index (κ2) is 6.53. The molecule has 0 atom stereocenters. The standard InChI is InChI=1S/C15H18N2S/c1-17(10-5-4-9-16)11-8-13-12-18-15-7-3-2-6-14(13)15/h2-3,6-7,12H,4-5,8,10-11H2,1H3. The Morgan fingerprint density at radius 2 is 2.11 bits per heavy atom. The number of nitriles is 1. The maximum atomic E-state index is 8.51. The van der Waals surface area contributed by atoms with Gasteiger partial charge < -0.3 is 4.90 Å². The minimum absolute atomic E-state index is 0.658. The molecule has 2 aromatic rings. The van der Waals surface area contributed by atoms with Crippen LogP contribution in [0.15, 0.2) is 29.6 Å². The van der Waals surface area contributed by atoms with Crippen molar-refractivity contribution in [2.45, 2.75) is 19.3 Å². The zero-order chi connectivity index (χ0) is 12.8. The summed E-state index contributed by atoms with van der Waals surface area (Å²) in [4.78, 5) is 2.31. The fourth-order valence-corrected chi connectivity index (χ4v) is 3.07. The highest BCUT2D eigenvalue weighted by Crippen LogP contribution is 2.25. The lowest BCUT2D eigenvalue weighted by Crippen LogP contribution is -2.22. The number of likely N-dealkylation sites (N-methyl/N-ethyl adjacent to an activating group) is 1. The van der Waals surface area contributed by atoms with Gasteiger partial charge in [0.1, 0.15) is 0 Å². The van der Waals surface area contributed by atoms with E-state index in [0.29, 0.717) is 6.42 Å². The third-order valence-electron chi connectivity index (χ3n) is 3.15. The van der Waals surface area contributed by atoms with Gasteiger partial charge in [0.15, 0.2) is 0 Å². The van der Waals surface area contributed by atoms with E-state index in [-0.39, 0.29) is 0 Å². The van der Waals surface area contributed by atoms with Gasteiger partial charge in [-0.15, -0.1) is 11.3 Å². The van der Waals surface area contributed by atoms with Gasteiger partial charge in [0, 0.05) is 17.7 Å². The van der Waals surface area contributed by atoms with Crippen LogP contribution in [0.4, 0.5) is 0 Å². The van der Waals surface area contributed by atoms with Crippen molar-refractivity contribution in [3.8, 4) is 6.07 Å². The molecule has 0 amide bonds. The predicted octanol–water partition coefficient (Wildman–Crippen LogP) is 3.68. The normalized spacial score (nSPS) is 10.9. The second-order valence-electron chi connectivity index (χ2n) is 4.57. The molecule has 0 spiro atoms. The molecular formula is C15H18N2S. The van der Waals surface area contributed by atoms with Crippen LogP contribution in [0.2, 0.25) is 0 Å². The van der Waals surface area contributed by atoms with Gasteiger partial charge in [-0.1, -0.05) is 18.2 Å². The van der Waals surface area contributed by atoms with E-state index in [4.69, 9.17) is 5.26 Å². The average Bonchev–Trinajstić information content (AvgIpc) is 2.80. The fraction of sp³-hybridized carbons (Fsp3) is 0.400. The monoisotopic (exact) mass is 258 g/mol. The first-order chi connectivity index (χ1) is 8.81. The number of thiophene rings is 1. The predicted molar refractivity (Wildman–Crippen MR) is 77.9 cm³/mol. The van der Waals surface area contributed by atoms with E-state index in [1.165, 1.54) is 15.6 Å². The first-order valence-electron chi connectivity index (χ1n) is 6.32. The molecule has 0 bridgehead atoms. The van der Waals surface area contributed by atoms with Gasteiger partial charge >= 0.3 is 0 Å². The largest absolute Gasteiger partial charge is 0.306 e. The van der Waals surface area contributed by atoms with E-state index in [1.807, 2.05) is 11.3 Å². The summed E-state index contributed by atoms with van der Waals surface area (Å²) < 4.78 is 1.37. The van der Waals surface area contributed by atoms with Crippen molar-refractivity contribution in [2.24, 2.45) is 0 Å². The molecule has 0 aliphatic heterocycles. The zero-order valence-electron chi connectivity index (χ0n) is 10.7. The Kier molecular flexibility index (Phi) is 4.74. The van der Waals surface area contributed by atoms with Crippen LogP contribution >= 0.6 is 11.3 Å². The lowest BCUT2D eigenvalue weighted by Gasteiger charge is -2.15. The Bertz CT molecular complexity index is 539. The van der Waals surface area contributed by atoms with Crippen molar-refractivity contribution in [3.63, 3.8) is 0 Å². The maximum absolute atomic E-state index is 8.51. The van der Waals surface area contributed by atoms with Gasteiger partial charge in [-0.3, -0.25) is 0 Å². The molecule has 94 valence electrons. The van der Waals surface area contributed by atoms with Crippen LogP contribution < -0.4 is 0 Å². The smallest absolute Gasteiger partial charge is 0.0622 e. The summed E-state index contributed by atoms with van der Waals surface area (Å²) in [6.45, 7) is 2.07. The van der Waals surface area contributed by atoms with Crippen molar-refractivity contribution in [2.75, 3.05) is 20.1 Å². The number of benzene rings is 1. The summed E-state index contributed by atoms with van der Waals surface area (Å²) in [5.41, 5.74) is 1.45. The van der Waals surface area contributed by atoms with E-state index in [1.54, 1.807) is 0 Å². The van der Waals surface area contributed by atoms with Crippen molar-refractivity contribution in [1.29, 1.82) is 5.26 Å². The number of hydrogen-bond acceptors (Lipinski definition) is 3. The highest BCUT2D eigenvalue weighted by Gasteiger charge is 2.04. The molecule has 1 aromatic heterocycles. The van der Waals surface area contributed by atoms with Crippen molar-refractivity contribution in [1.82, 2.24) is 4.90 Å². The van der Waals surface area contributed by atoms with Gasteiger partial charge in [0.05, 0.1) is 6.07 Å². The Hall–Kier alpha value is -1.37. The molecule has 1 aromatic carbocycles. The lowest BCUT2D eigenvalue weighted by molar-refractivity contribution is 0.335. The summed E-state index contributed by atoms with van der Waals surface area (Å²) in [6.07, 6.45) is 2.72.